The third kappa shape index (κ3) is 2.29. The van der Waals surface area contributed by atoms with E-state index < -0.39 is 0 Å². The Kier molecular flexibility index (Phi) is 3.22. The van der Waals surface area contributed by atoms with E-state index in [-0.39, 0.29) is 18.0 Å². The molecule has 2 aromatic carbocycles. The van der Waals surface area contributed by atoms with Crippen LogP contribution < -0.4 is 10.5 Å². The molecule has 0 aliphatic carbocycles. The number of benzene rings is 2. The van der Waals surface area contributed by atoms with Gasteiger partial charge in [0.15, 0.2) is 0 Å². The van der Waals surface area contributed by atoms with Crippen molar-refractivity contribution in [2.24, 2.45) is 5.73 Å². The molecule has 0 radical (unpaired) electrons. The van der Waals surface area contributed by atoms with Gasteiger partial charge in [-0.2, -0.15) is 0 Å². The third-order valence-electron chi connectivity index (χ3n) is 3.89. The van der Waals surface area contributed by atoms with Crippen molar-refractivity contribution in [2.75, 3.05) is 0 Å². The zero-order valence-corrected chi connectivity index (χ0v) is 11.7. The molecule has 2 atom stereocenters. The number of hydrogen-bond acceptors (Lipinski definition) is 2. The molecule has 3 heteroatoms. The van der Waals surface area contributed by atoms with Gasteiger partial charge in [0.25, 0.3) is 0 Å². The van der Waals surface area contributed by atoms with Crippen LogP contribution in [0.1, 0.15) is 40.8 Å². The average molecular weight is 271 g/mol. The Morgan fingerprint density at radius 1 is 1.10 bits per heavy atom. The largest absolute Gasteiger partial charge is 0.485 e. The zero-order chi connectivity index (χ0) is 14.3. The Hall–Kier alpha value is -1.87. The number of rotatable bonds is 1. The molecule has 3 rings (SSSR count). The second-order valence-electron chi connectivity index (χ2n) is 5.49. The monoisotopic (exact) mass is 271 g/mol. The quantitative estimate of drug-likeness (QED) is 0.852. The van der Waals surface area contributed by atoms with E-state index in [9.17, 15) is 4.39 Å². The summed E-state index contributed by atoms with van der Waals surface area (Å²) in [5, 5.41) is 0. The van der Waals surface area contributed by atoms with Crippen LogP contribution in [-0.2, 0) is 0 Å². The van der Waals surface area contributed by atoms with Gasteiger partial charge >= 0.3 is 0 Å². The van der Waals surface area contributed by atoms with E-state index in [4.69, 9.17) is 10.5 Å². The highest BCUT2D eigenvalue weighted by molar-refractivity contribution is 5.42. The van der Waals surface area contributed by atoms with Crippen molar-refractivity contribution >= 4 is 0 Å². The summed E-state index contributed by atoms with van der Waals surface area (Å²) in [6.45, 7) is 4.00. The Morgan fingerprint density at radius 3 is 2.70 bits per heavy atom. The van der Waals surface area contributed by atoms with Gasteiger partial charge in [-0.1, -0.05) is 23.8 Å². The van der Waals surface area contributed by atoms with Crippen molar-refractivity contribution in [1.29, 1.82) is 0 Å². The van der Waals surface area contributed by atoms with Crippen molar-refractivity contribution in [3.05, 3.63) is 64.5 Å². The minimum atomic E-state index is -0.238. The molecule has 2 aromatic rings. The summed E-state index contributed by atoms with van der Waals surface area (Å²) in [5.41, 5.74) is 10.4. The summed E-state index contributed by atoms with van der Waals surface area (Å²) >= 11 is 0. The first-order valence-electron chi connectivity index (χ1n) is 6.83. The molecular formula is C17H18FNO. The number of fused-ring (bicyclic) bond motifs is 1. The second-order valence-corrected chi connectivity index (χ2v) is 5.49. The van der Waals surface area contributed by atoms with Crippen LogP contribution >= 0.6 is 0 Å². The van der Waals surface area contributed by atoms with E-state index in [0.717, 1.165) is 22.4 Å². The minimum absolute atomic E-state index is 0.0775. The molecule has 0 aromatic heterocycles. The normalized spacial score (nSPS) is 21.2. The molecule has 0 fully saturated rings. The van der Waals surface area contributed by atoms with Gasteiger partial charge in [-0.15, -0.1) is 0 Å². The summed E-state index contributed by atoms with van der Waals surface area (Å²) in [4.78, 5) is 0. The molecule has 0 amide bonds. The summed E-state index contributed by atoms with van der Waals surface area (Å²) in [5.74, 6) is 0.570. The van der Waals surface area contributed by atoms with Crippen LogP contribution in [0.3, 0.4) is 0 Å². The van der Waals surface area contributed by atoms with Gasteiger partial charge in [-0.3, -0.25) is 0 Å². The van der Waals surface area contributed by atoms with Gasteiger partial charge in [0.2, 0.25) is 0 Å². The fourth-order valence-electron chi connectivity index (χ4n) is 2.77. The fraction of sp³-hybridized carbons (Fsp3) is 0.294. The maximum atomic E-state index is 13.5. The van der Waals surface area contributed by atoms with Crippen LogP contribution in [0.5, 0.6) is 5.75 Å². The minimum Gasteiger partial charge on any atom is -0.485 e. The lowest BCUT2D eigenvalue weighted by molar-refractivity contribution is 0.160. The van der Waals surface area contributed by atoms with Crippen LogP contribution in [0.15, 0.2) is 36.4 Å². The first-order chi connectivity index (χ1) is 9.54. The molecule has 0 bridgehead atoms. The van der Waals surface area contributed by atoms with Gasteiger partial charge in [-0.25, -0.2) is 4.39 Å². The van der Waals surface area contributed by atoms with Crippen molar-refractivity contribution < 1.29 is 9.13 Å². The zero-order valence-electron chi connectivity index (χ0n) is 11.7. The topological polar surface area (TPSA) is 35.2 Å². The lowest BCUT2D eigenvalue weighted by atomic mass is 9.91. The summed E-state index contributed by atoms with van der Waals surface area (Å²) < 4.78 is 19.5. The molecule has 1 unspecified atom stereocenters. The molecule has 0 saturated heterocycles. The van der Waals surface area contributed by atoms with E-state index in [1.165, 1.54) is 11.6 Å². The van der Waals surface area contributed by atoms with Gasteiger partial charge in [0.05, 0.1) is 0 Å². The highest BCUT2D eigenvalue weighted by Crippen LogP contribution is 2.40. The van der Waals surface area contributed by atoms with Crippen LogP contribution in [0.4, 0.5) is 4.39 Å². The Balaban J connectivity index is 1.99. The number of hydrogen-bond donors (Lipinski definition) is 1. The molecule has 20 heavy (non-hydrogen) atoms. The number of ether oxygens (including phenoxy) is 1. The van der Waals surface area contributed by atoms with Crippen LogP contribution in [0, 0.1) is 19.7 Å². The molecule has 1 aliphatic rings. The lowest BCUT2D eigenvalue weighted by Gasteiger charge is -2.31. The average Bonchev–Trinajstić information content (AvgIpc) is 2.42. The smallest absolute Gasteiger partial charge is 0.126 e. The molecule has 2 N–H and O–H groups in total. The number of aryl methyl sites for hydroxylation is 2. The third-order valence-corrected chi connectivity index (χ3v) is 3.89. The fourth-order valence-corrected chi connectivity index (χ4v) is 2.77. The SMILES string of the molecule is Cc1ccc2c(c1)[C@@H](N)CC(c1cc(F)ccc1C)O2. The predicted octanol–water partition coefficient (Wildman–Crippen LogP) is 3.97. The Morgan fingerprint density at radius 2 is 1.90 bits per heavy atom. The molecule has 0 spiro atoms. The van der Waals surface area contributed by atoms with E-state index in [1.54, 1.807) is 12.1 Å². The summed E-state index contributed by atoms with van der Waals surface area (Å²) in [7, 11) is 0. The number of nitrogens with two attached hydrogens (primary N) is 1. The maximum Gasteiger partial charge on any atom is 0.126 e. The first-order valence-corrected chi connectivity index (χ1v) is 6.83. The van der Waals surface area contributed by atoms with Crippen LogP contribution in [0.2, 0.25) is 0 Å². The van der Waals surface area contributed by atoms with E-state index in [0.29, 0.717) is 6.42 Å². The van der Waals surface area contributed by atoms with Crippen molar-refractivity contribution in [3.8, 4) is 5.75 Å². The Bertz CT molecular complexity index is 653. The number of halogens is 1. The summed E-state index contributed by atoms with van der Waals surface area (Å²) in [6, 6.07) is 10.7. The van der Waals surface area contributed by atoms with Crippen LogP contribution in [0.25, 0.3) is 0 Å². The van der Waals surface area contributed by atoms with Crippen molar-refractivity contribution in [3.63, 3.8) is 0 Å². The van der Waals surface area contributed by atoms with Crippen molar-refractivity contribution in [1.82, 2.24) is 0 Å². The predicted molar refractivity (Wildman–Crippen MR) is 77.2 cm³/mol. The molecule has 0 saturated carbocycles. The first kappa shape index (κ1) is 13.1. The van der Waals surface area contributed by atoms with Crippen molar-refractivity contribution in [2.45, 2.75) is 32.4 Å². The summed E-state index contributed by atoms with van der Waals surface area (Å²) in [6.07, 6.45) is 0.483. The van der Waals surface area contributed by atoms with Gasteiger partial charge < -0.3 is 10.5 Å². The molecule has 1 heterocycles. The van der Waals surface area contributed by atoms with E-state index >= 15 is 0 Å². The van der Waals surface area contributed by atoms with E-state index in [2.05, 4.69) is 6.07 Å². The molecule has 104 valence electrons. The molecular weight excluding hydrogens is 253 g/mol. The van der Waals surface area contributed by atoms with Crippen LogP contribution in [-0.4, -0.2) is 0 Å². The standard InChI is InChI=1S/C17H18FNO/c1-10-3-6-16-14(7-10)15(19)9-17(20-16)13-8-12(18)5-4-11(13)2/h3-8,15,17H,9,19H2,1-2H3/t15-,17?/m0/s1. The van der Waals surface area contributed by atoms with Gasteiger partial charge in [0, 0.05) is 18.0 Å². The molecule has 2 nitrogen and oxygen atoms in total. The van der Waals surface area contributed by atoms with Gasteiger partial charge in [0.1, 0.15) is 17.7 Å². The second kappa shape index (κ2) is 4.91. The lowest BCUT2D eigenvalue weighted by Crippen LogP contribution is -2.24. The highest BCUT2D eigenvalue weighted by atomic mass is 19.1. The van der Waals surface area contributed by atoms with E-state index in [1.807, 2.05) is 26.0 Å². The van der Waals surface area contributed by atoms with Gasteiger partial charge in [-0.05, 0) is 43.2 Å². The molecule has 1 aliphatic heterocycles. The highest BCUT2D eigenvalue weighted by Gasteiger charge is 2.28. The maximum absolute atomic E-state index is 13.5. The Labute approximate surface area is 118 Å².